The number of para-hydroxylation sites is 1. The molecule has 0 N–H and O–H groups in total. The van der Waals surface area contributed by atoms with Crippen molar-refractivity contribution in [1.82, 2.24) is 9.97 Å². The fraction of sp³-hybridized carbons (Fsp3) is 0.184. The van der Waals surface area contributed by atoms with E-state index in [9.17, 15) is 0 Å². The Bertz CT molecular complexity index is 2610. The fourth-order valence-electron chi connectivity index (χ4n) is 6.99. The topological polar surface area (TPSA) is 38.9 Å². The molecule has 0 spiro atoms. The summed E-state index contributed by atoms with van der Waals surface area (Å²) >= 11 is 0. The summed E-state index contributed by atoms with van der Waals surface area (Å²) in [4.78, 5) is 8.85. The monoisotopic (exact) mass is 870 g/mol. The molecule has 12 rings (SSSR count). The molecule has 0 amide bonds. The molecule has 4 aliphatic rings. The van der Waals surface area contributed by atoms with Gasteiger partial charge in [-0.3, -0.25) is 0 Å². The molecular weight excluding hydrogens is 825 g/mol. The van der Waals surface area contributed by atoms with Crippen LogP contribution in [0.1, 0.15) is 58.3 Å². The Labute approximate surface area is 330 Å². The second-order valence-corrected chi connectivity index (χ2v) is 14.6. The molecule has 0 unspecified atom stereocenters. The number of aromatic nitrogens is 2. The fourth-order valence-corrected chi connectivity index (χ4v) is 6.99. The van der Waals surface area contributed by atoms with Crippen LogP contribution < -0.4 is 0 Å². The summed E-state index contributed by atoms with van der Waals surface area (Å²) in [5, 5.41) is 2.24. The molecule has 1 radical (unpaired) electrons. The molecule has 3 nitrogen and oxygen atoms in total. The van der Waals surface area contributed by atoms with E-state index in [-0.39, 0.29) is 31.1 Å². The molecule has 3 aromatic heterocycles. The summed E-state index contributed by atoms with van der Waals surface area (Å²) in [7, 11) is 0. The Kier molecular flexibility index (Phi) is 9.47. The van der Waals surface area contributed by atoms with Gasteiger partial charge in [0.2, 0.25) is 0 Å². The first-order valence-electron chi connectivity index (χ1n) is 19.5. The van der Waals surface area contributed by atoms with E-state index in [1.807, 2.05) is 30.5 Å². The van der Waals surface area contributed by atoms with Gasteiger partial charge in [-0.25, -0.2) is 0 Å². The van der Waals surface area contributed by atoms with Crippen molar-refractivity contribution in [3.63, 3.8) is 0 Å². The van der Waals surface area contributed by atoms with Gasteiger partial charge in [-0.15, -0.1) is 54.1 Å². The third-order valence-corrected chi connectivity index (χ3v) is 9.96. The smallest absolute Gasteiger partial charge is 0.128 e. The molecule has 0 aliphatic heterocycles. The molecule has 0 fully saturated rings. The maximum atomic E-state index is 7.23. The standard InChI is InChI=1S/C37H32NO.C12H10N.Ir/c1-37(2,3)28-20-21-38-34(23-28)32-9-5-7-30-29-6-4-8-31(35(29)39-36(30)32)33-22-26-15-14-24-10-12-25(13-11-24)16-18-27(33)19-17-26;1-10-7-8-12(13-9-10)11-5-3-2-4-6-11;/h4-8,10-13,17,19-23H,14-16,18H2,1-3H3;2-5,7-9H,1H3;/q2*-1;/i;1D3;. The summed E-state index contributed by atoms with van der Waals surface area (Å²) in [5.41, 5.74) is 14.7. The van der Waals surface area contributed by atoms with E-state index in [0.29, 0.717) is 0 Å². The van der Waals surface area contributed by atoms with Gasteiger partial charge >= 0.3 is 0 Å². The van der Waals surface area contributed by atoms with Crippen LogP contribution in [0.15, 0.2) is 138 Å². The Morgan fingerprint density at radius 1 is 0.642 bits per heavy atom. The van der Waals surface area contributed by atoms with E-state index in [2.05, 4.69) is 117 Å². The van der Waals surface area contributed by atoms with Crippen molar-refractivity contribution in [3.8, 4) is 33.6 Å². The van der Waals surface area contributed by atoms with Crippen molar-refractivity contribution >= 4 is 21.9 Å². The first kappa shape index (κ1) is 32.5. The molecule has 0 saturated heterocycles. The number of pyridine rings is 2. The van der Waals surface area contributed by atoms with Crippen molar-refractivity contribution in [2.24, 2.45) is 0 Å². The van der Waals surface area contributed by atoms with E-state index in [1.54, 1.807) is 18.2 Å². The zero-order valence-electron chi connectivity index (χ0n) is 33.2. The summed E-state index contributed by atoms with van der Waals surface area (Å²) in [6, 6.07) is 48.4. The molecule has 53 heavy (non-hydrogen) atoms. The van der Waals surface area contributed by atoms with Crippen LogP contribution in [-0.2, 0) is 51.2 Å². The van der Waals surface area contributed by atoms with E-state index in [0.717, 1.165) is 75.7 Å². The zero-order valence-corrected chi connectivity index (χ0v) is 32.6. The molecule has 4 aliphatic carbocycles. The average molecular weight is 870 g/mol. The van der Waals surface area contributed by atoms with Crippen LogP contribution >= 0.6 is 0 Å². The van der Waals surface area contributed by atoms with Crippen molar-refractivity contribution < 1.29 is 28.6 Å². The van der Waals surface area contributed by atoms with E-state index in [1.165, 1.54) is 39.6 Å². The van der Waals surface area contributed by atoms with Gasteiger partial charge in [-0.05, 0) is 94.3 Å². The van der Waals surface area contributed by atoms with Gasteiger partial charge in [0.1, 0.15) is 5.58 Å². The van der Waals surface area contributed by atoms with Crippen LogP contribution in [0.2, 0.25) is 0 Å². The molecule has 265 valence electrons. The minimum absolute atomic E-state index is 0. The molecule has 4 heteroatoms. The predicted molar refractivity (Wildman–Crippen MR) is 214 cm³/mol. The quantitative estimate of drug-likeness (QED) is 0.166. The summed E-state index contributed by atoms with van der Waals surface area (Å²) in [6.07, 6.45) is 7.39. The largest absolute Gasteiger partial charge is 0.500 e. The number of furan rings is 1. The molecule has 0 atom stereocenters. The van der Waals surface area contributed by atoms with Gasteiger partial charge < -0.3 is 14.4 Å². The second kappa shape index (κ2) is 15.4. The number of fused-ring (bicyclic) bond motifs is 3. The van der Waals surface area contributed by atoms with Crippen molar-refractivity contribution in [3.05, 3.63) is 179 Å². The third kappa shape index (κ3) is 7.81. The molecule has 8 aromatic rings. The van der Waals surface area contributed by atoms with Gasteiger partial charge in [0.05, 0.1) is 5.58 Å². The summed E-state index contributed by atoms with van der Waals surface area (Å²) in [5.74, 6) is 0. The van der Waals surface area contributed by atoms with Crippen LogP contribution in [0.25, 0.3) is 55.6 Å². The maximum absolute atomic E-state index is 7.23. The summed E-state index contributed by atoms with van der Waals surface area (Å²) < 4.78 is 28.5. The van der Waals surface area contributed by atoms with Crippen molar-refractivity contribution in [2.75, 3.05) is 0 Å². The van der Waals surface area contributed by atoms with E-state index < -0.39 is 6.85 Å². The minimum atomic E-state index is -2.09. The van der Waals surface area contributed by atoms with Crippen LogP contribution in [0.3, 0.4) is 0 Å². The maximum Gasteiger partial charge on any atom is 0.128 e. The number of nitrogens with zero attached hydrogens (tertiary/aromatic N) is 2. The van der Waals surface area contributed by atoms with E-state index >= 15 is 0 Å². The van der Waals surface area contributed by atoms with Crippen molar-refractivity contribution in [1.29, 1.82) is 0 Å². The predicted octanol–water partition coefficient (Wildman–Crippen LogP) is 12.2. The zero-order chi connectivity index (χ0) is 38.2. The summed E-state index contributed by atoms with van der Waals surface area (Å²) in [6.45, 7) is 4.60. The van der Waals surface area contributed by atoms with Gasteiger partial charge in [0.25, 0.3) is 0 Å². The Balaban J connectivity index is 0.000000238. The Morgan fingerprint density at radius 2 is 1.42 bits per heavy atom. The van der Waals surface area contributed by atoms with Gasteiger partial charge in [0, 0.05) is 47.6 Å². The minimum Gasteiger partial charge on any atom is -0.500 e. The number of benzene rings is 5. The molecular formula is C49H42IrN2O-2. The van der Waals surface area contributed by atoms with Gasteiger partial charge in [-0.2, -0.15) is 0 Å². The van der Waals surface area contributed by atoms with Gasteiger partial charge in [-0.1, -0.05) is 111 Å². The second-order valence-electron chi connectivity index (χ2n) is 14.6. The Hall–Kier alpha value is -5.15. The molecule has 3 heterocycles. The average Bonchev–Trinajstić information content (AvgIpc) is 3.58. The number of aryl methyl sites for hydroxylation is 5. The number of hydrogen-bond acceptors (Lipinski definition) is 3. The van der Waals surface area contributed by atoms with E-state index in [4.69, 9.17) is 13.5 Å². The van der Waals surface area contributed by atoms with Crippen LogP contribution in [0.4, 0.5) is 0 Å². The van der Waals surface area contributed by atoms with Crippen LogP contribution in [-0.4, -0.2) is 9.97 Å². The molecule has 0 saturated carbocycles. The number of rotatable bonds is 3. The van der Waals surface area contributed by atoms with Crippen LogP contribution in [0, 0.1) is 19.0 Å². The third-order valence-electron chi connectivity index (χ3n) is 9.96. The normalized spacial score (nSPS) is 13.5. The molecule has 4 bridgehead atoms. The first-order valence-corrected chi connectivity index (χ1v) is 18.0. The first-order chi connectivity index (χ1) is 26.5. The SMILES string of the molecule is CC(C)(C)c1ccnc(-c2[c-]ccc3c2oc2c(-c4cc5ccc4CCc4ccc(cc4)CC5)cccc23)c1.[2H]C([2H])([2H])c1ccc(-c2[c-]cccc2)nc1.[Ir]. The molecule has 5 aromatic carbocycles. The Morgan fingerprint density at radius 3 is 2.15 bits per heavy atom. The van der Waals surface area contributed by atoms with Crippen molar-refractivity contribution in [2.45, 2.75) is 58.7 Å². The van der Waals surface area contributed by atoms with Crippen LogP contribution in [0.5, 0.6) is 0 Å². The van der Waals surface area contributed by atoms with Gasteiger partial charge in [0.15, 0.2) is 0 Å². The number of hydrogen-bond donors (Lipinski definition) is 0.